The van der Waals surface area contributed by atoms with E-state index in [4.69, 9.17) is 20.4 Å². The molecule has 0 bridgehead atoms. The molecule has 0 aliphatic heterocycles. The molecule has 0 aliphatic carbocycles. The number of isocyanates is 2. The van der Waals surface area contributed by atoms with Crippen LogP contribution in [0.3, 0.4) is 0 Å². The standard InChI is InChI=1S/2CNO.2Zn/c2*2-1-3;;/q2*-1;2*+2. The molecule has 0 amide bonds. The zero-order chi connectivity index (χ0) is 5.41. The summed E-state index contributed by atoms with van der Waals surface area (Å²) < 4.78 is 0. The van der Waals surface area contributed by atoms with Gasteiger partial charge in [0.15, 0.2) is 0 Å². The van der Waals surface area contributed by atoms with Gasteiger partial charge in [-0.15, -0.1) is 0 Å². The van der Waals surface area contributed by atoms with Crippen molar-refractivity contribution in [1.82, 2.24) is 0 Å². The van der Waals surface area contributed by atoms with Crippen molar-refractivity contribution in [2.24, 2.45) is 0 Å². The largest absolute Gasteiger partial charge is 2.00 e. The van der Waals surface area contributed by atoms with Crippen molar-refractivity contribution in [3.63, 3.8) is 0 Å². The third-order valence-corrected chi connectivity index (χ3v) is 0. The summed E-state index contributed by atoms with van der Waals surface area (Å²) >= 11 is 0. The number of carbonyl (C=O) groups excluding carboxylic acids is 2. The van der Waals surface area contributed by atoms with Gasteiger partial charge in [0.05, 0.1) is 0 Å². The van der Waals surface area contributed by atoms with E-state index in [9.17, 15) is 0 Å². The Labute approximate surface area is 71.6 Å². The molecule has 6 heteroatoms. The fourth-order valence-electron chi connectivity index (χ4n) is 0. The van der Waals surface area contributed by atoms with Gasteiger partial charge in [-0.25, -0.2) is 0 Å². The molecule has 0 atom stereocenters. The van der Waals surface area contributed by atoms with Gasteiger partial charge in [-0.1, -0.05) is 0 Å². The summed E-state index contributed by atoms with van der Waals surface area (Å²) in [6.07, 6.45) is 1.00. The summed E-state index contributed by atoms with van der Waals surface area (Å²) in [4.78, 5) is 16.5. The minimum absolute atomic E-state index is 0. The SMILES string of the molecule is [N-]=C=O.[N-]=C=O.[Zn+2].[Zn+2]. The maximum absolute atomic E-state index is 8.24. The Kier molecular flexibility index (Phi) is 192. The van der Waals surface area contributed by atoms with E-state index in [1.807, 2.05) is 0 Å². The molecule has 4 nitrogen and oxygen atoms in total. The molecule has 0 radical (unpaired) electrons. The molecule has 0 heterocycles. The molecule has 0 saturated heterocycles. The third kappa shape index (κ3) is 3300000. The Morgan fingerprint density at radius 2 is 0.875 bits per heavy atom. The number of hydrogen-bond acceptors (Lipinski definition) is 2. The first-order valence-corrected chi connectivity index (χ1v) is 0.855. The summed E-state index contributed by atoms with van der Waals surface area (Å²) in [5.41, 5.74) is 0. The Morgan fingerprint density at radius 1 is 0.875 bits per heavy atom. The number of nitrogens with zero attached hydrogens (tertiary/aromatic N) is 2. The molecule has 0 aromatic carbocycles. The molecule has 0 aliphatic rings. The van der Waals surface area contributed by atoms with Crippen LogP contribution in [0, 0.1) is 0 Å². The van der Waals surface area contributed by atoms with Crippen molar-refractivity contribution in [3.8, 4) is 0 Å². The van der Waals surface area contributed by atoms with Gasteiger partial charge in [0.25, 0.3) is 0 Å². The fourth-order valence-corrected chi connectivity index (χ4v) is 0. The summed E-state index contributed by atoms with van der Waals surface area (Å²) in [5, 5.41) is 13.5. The van der Waals surface area contributed by atoms with E-state index < -0.39 is 0 Å². The minimum atomic E-state index is 0. The molecular weight excluding hydrogens is 215 g/mol. The van der Waals surface area contributed by atoms with Gasteiger partial charge in [0, 0.05) is 0 Å². The van der Waals surface area contributed by atoms with Crippen LogP contribution in [0.2, 0.25) is 0 Å². The molecule has 0 N–H and O–H groups in total. The normalized spacial score (nSPS) is 2.00. The maximum atomic E-state index is 8.24. The first-order chi connectivity index (χ1) is 2.83. The zero-order valence-electron chi connectivity index (χ0n) is 4.13. The molecule has 32 valence electrons. The number of rotatable bonds is 0. The zero-order valence-corrected chi connectivity index (χ0v) is 10.1. The van der Waals surface area contributed by atoms with E-state index in [1.165, 1.54) is 0 Å². The predicted molar refractivity (Wildman–Crippen MR) is 18.1 cm³/mol. The molecule has 0 aromatic heterocycles. The molecule has 0 spiro atoms. The average molecular weight is 215 g/mol. The average Bonchev–Trinajstić information content (AvgIpc) is 1.39. The Bertz CT molecular complexity index is 70.0. The van der Waals surface area contributed by atoms with Crippen LogP contribution >= 0.6 is 0 Å². The van der Waals surface area contributed by atoms with Crippen LogP contribution in [0.5, 0.6) is 0 Å². The summed E-state index contributed by atoms with van der Waals surface area (Å²) in [6.45, 7) is 0. The summed E-state index contributed by atoms with van der Waals surface area (Å²) in [6, 6.07) is 0. The van der Waals surface area contributed by atoms with Gasteiger partial charge < -0.3 is 10.8 Å². The third-order valence-electron chi connectivity index (χ3n) is 0. The maximum Gasteiger partial charge on any atom is 2.00 e. The van der Waals surface area contributed by atoms with E-state index in [1.54, 1.807) is 0 Å². The summed E-state index contributed by atoms with van der Waals surface area (Å²) in [7, 11) is 0. The second kappa shape index (κ2) is 62.8. The van der Waals surface area contributed by atoms with Crippen LogP contribution in [-0.2, 0) is 48.5 Å². The molecule has 0 saturated carbocycles. The second-order valence-corrected chi connectivity index (χ2v) is 0.183. The van der Waals surface area contributed by atoms with Crippen LogP contribution in [0.1, 0.15) is 0 Å². The monoisotopic (exact) mass is 212 g/mol. The smallest absolute Gasteiger partial charge is 0.724 e. The number of hydrogen-bond donors (Lipinski definition) is 0. The van der Waals surface area contributed by atoms with Crippen molar-refractivity contribution in [1.29, 1.82) is 0 Å². The van der Waals surface area contributed by atoms with Gasteiger partial charge >= 0.3 is 39.0 Å². The molecule has 0 fully saturated rings. The van der Waals surface area contributed by atoms with E-state index in [0.29, 0.717) is 12.2 Å². The topological polar surface area (TPSA) is 78.7 Å². The van der Waals surface area contributed by atoms with Crippen LogP contribution in [0.4, 0.5) is 0 Å². The van der Waals surface area contributed by atoms with E-state index in [0.717, 1.165) is 0 Å². The van der Waals surface area contributed by atoms with E-state index >= 15 is 0 Å². The fraction of sp³-hybridized carbons (Fsp3) is 0. The first kappa shape index (κ1) is 24.5. The molecule has 0 rings (SSSR count). The van der Waals surface area contributed by atoms with Gasteiger partial charge in [0.1, 0.15) is 0 Å². The quantitative estimate of drug-likeness (QED) is 0.318. The summed E-state index contributed by atoms with van der Waals surface area (Å²) in [5.74, 6) is 0. The molecule has 0 aromatic rings. The van der Waals surface area contributed by atoms with Gasteiger partial charge in [-0.05, 0) is 12.2 Å². The second-order valence-electron chi connectivity index (χ2n) is 0.183. The predicted octanol–water partition coefficient (Wildman–Crippen LogP) is -0.222. The Balaban J connectivity index is -0.0000000160. The van der Waals surface area contributed by atoms with Crippen LogP contribution in [-0.4, -0.2) is 12.2 Å². The Morgan fingerprint density at radius 3 is 0.875 bits per heavy atom. The van der Waals surface area contributed by atoms with Gasteiger partial charge in [-0.3, -0.25) is 9.59 Å². The molecule has 8 heavy (non-hydrogen) atoms. The van der Waals surface area contributed by atoms with Crippen LogP contribution in [0.25, 0.3) is 10.8 Å². The van der Waals surface area contributed by atoms with Crippen molar-refractivity contribution >= 4 is 12.2 Å². The van der Waals surface area contributed by atoms with E-state index in [-0.39, 0.29) is 39.0 Å². The molecular formula is C2N2O2Zn2+2. The van der Waals surface area contributed by atoms with Crippen molar-refractivity contribution in [2.75, 3.05) is 0 Å². The van der Waals surface area contributed by atoms with Crippen LogP contribution < -0.4 is 0 Å². The van der Waals surface area contributed by atoms with Gasteiger partial charge in [0.2, 0.25) is 0 Å². The molecule has 0 unspecified atom stereocenters. The minimum Gasteiger partial charge on any atom is -0.724 e. The van der Waals surface area contributed by atoms with Crippen molar-refractivity contribution in [2.45, 2.75) is 0 Å². The van der Waals surface area contributed by atoms with Gasteiger partial charge in [-0.2, -0.15) is 0 Å². The van der Waals surface area contributed by atoms with Crippen molar-refractivity contribution in [3.05, 3.63) is 10.8 Å². The van der Waals surface area contributed by atoms with Crippen LogP contribution in [0.15, 0.2) is 0 Å². The van der Waals surface area contributed by atoms with Crippen molar-refractivity contribution < 1.29 is 48.5 Å². The first-order valence-electron chi connectivity index (χ1n) is 0.855. The Hall–Kier alpha value is 0.00675. The van der Waals surface area contributed by atoms with E-state index in [2.05, 4.69) is 0 Å².